The maximum Gasteiger partial charge on any atom is 0.336 e. The standard InChI is InChI=1S/C20H20N4O2/c1-10-14(8-21)16(12-5-6-15-13(7-12)11(2)23-24-15)17-18(22-10)20(3,4)9-26-19(17)25/h5-7,14,16H,9H2,1-4H3,(H,23,24). The molecule has 0 bridgehead atoms. The van der Waals surface area contributed by atoms with Crippen molar-refractivity contribution in [2.45, 2.75) is 33.6 Å². The summed E-state index contributed by atoms with van der Waals surface area (Å²) in [7, 11) is 0. The number of H-pyrrole nitrogens is 1. The first-order valence-corrected chi connectivity index (χ1v) is 8.64. The Labute approximate surface area is 151 Å². The van der Waals surface area contributed by atoms with Crippen LogP contribution in [0.3, 0.4) is 0 Å². The minimum absolute atomic E-state index is 0.297. The number of cyclic esters (lactones) is 1. The van der Waals surface area contributed by atoms with Gasteiger partial charge in [-0.2, -0.15) is 10.4 Å². The molecule has 0 saturated heterocycles. The van der Waals surface area contributed by atoms with Gasteiger partial charge < -0.3 is 4.74 Å². The molecule has 2 atom stereocenters. The summed E-state index contributed by atoms with van der Waals surface area (Å²) in [6.45, 7) is 8.14. The number of nitrogens with one attached hydrogen (secondary N) is 1. The summed E-state index contributed by atoms with van der Waals surface area (Å²) in [6, 6.07) is 8.22. The molecule has 0 radical (unpaired) electrons. The summed E-state index contributed by atoms with van der Waals surface area (Å²) in [5.74, 6) is -1.26. The highest BCUT2D eigenvalue weighted by Gasteiger charge is 2.46. The molecule has 0 amide bonds. The molecule has 6 heteroatoms. The van der Waals surface area contributed by atoms with E-state index in [1.54, 1.807) is 0 Å². The van der Waals surface area contributed by atoms with Gasteiger partial charge in [0.05, 0.1) is 28.8 Å². The molecule has 3 heterocycles. The molecule has 6 nitrogen and oxygen atoms in total. The van der Waals surface area contributed by atoms with Crippen LogP contribution in [0.5, 0.6) is 0 Å². The molecule has 0 saturated carbocycles. The smallest absolute Gasteiger partial charge is 0.336 e. The van der Waals surface area contributed by atoms with Gasteiger partial charge in [-0.05, 0) is 31.5 Å². The van der Waals surface area contributed by atoms with Gasteiger partial charge in [-0.15, -0.1) is 0 Å². The van der Waals surface area contributed by atoms with Crippen molar-refractivity contribution in [2.24, 2.45) is 16.3 Å². The number of benzene rings is 1. The maximum absolute atomic E-state index is 12.7. The van der Waals surface area contributed by atoms with E-state index in [1.165, 1.54) is 0 Å². The number of rotatable bonds is 1. The van der Waals surface area contributed by atoms with Crippen molar-refractivity contribution in [1.82, 2.24) is 10.2 Å². The van der Waals surface area contributed by atoms with Crippen LogP contribution in [0.15, 0.2) is 34.5 Å². The highest BCUT2D eigenvalue weighted by molar-refractivity contribution is 5.99. The normalized spacial score (nSPS) is 24.7. The number of carbonyl (C=O) groups is 1. The summed E-state index contributed by atoms with van der Waals surface area (Å²) in [5, 5.41) is 18.0. The Morgan fingerprint density at radius 3 is 2.85 bits per heavy atom. The fraction of sp³-hybridized carbons (Fsp3) is 0.400. The van der Waals surface area contributed by atoms with Crippen LogP contribution in [0.2, 0.25) is 0 Å². The third kappa shape index (κ3) is 2.27. The van der Waals surface area contributed by atoms with E-state index in [0.717, 1.165) is 33.6 Å². The number of hydrogen-bond acceptors (Lipinski definition) is 5. The highest BCUT2D eigenvalue weighted by atomic mass is 16.5. The van der Waals surface area contributed by atoms with Gasteiger partial charge >= 0.3 is 5.97 Å². The van der Waals surface area contributed by atoms with Gasteiger partial charge in [0, 0.05) is 28.1 Å². The first-order valence-electron chi connectivity index (χ1n) is 8.64. The number of nitriles is 1. The van der Waals surface area contributed by atoms with E-state index in [0.29, 0.717) is 12.2 Å². The Balaban J connectivity index is 1.98. The molecular weight excluding hydrogens is 328 g/mol. The van der Waals surface area contributed by atoms with Gasteiger partial charge in [0.15, 0.2) is 0 Å². The quantitative estimate of drug-likeness (QED) is 0.800. The van der Waals surface area contributed by atoms with E-state index >= 15 is 0 Å². The lowest BCUT2D eigenvalue weighted by Gasteiger charge is -2.39. The van der Waals surface area contributed by atoms with Gasteiger partial charge in [0.2, 0.25) is 0 Å². The lowest BCUT2D eigenvalue weighted by molar-refractivity contribution is -0.144. The van der Waals surface area contributed by atoms with Crippen molar-refractivity contribution >= 4 is 22.6 Å². The number of aliphatic imine (C=N–C) groups is 1. The zero-order valence-corrected chi connectivity index (χ0v) is 15.3. The number of esters is 1. The second-order valence-electron chi connectivity index (χ2n) is 7.69. The third-order valence-electron chi connectivity index (χ3n) is 5.33. The van der Waals surface area contributed by atoms with Crippen molar-refractivity contribution in [1.29, 1.82) is 5.26 Å². The molecule has 2 aliphatic rings. The Morgan fingerprint density at radius 1 is 1.35 bits per heavy atom. The van der Waals surface area contributed by atoms with Crippen LogP contribution in [0.25, 0.3) is 10.9 Å². The van der Waals surface area contributed by atoms with E-state index in [2.05, 4.69) is 21.3 Å². The molecular formula is C20H20N4O2. The number of ether oxygens (including phenoxy) is 1. The highest BCUT2D eigenvalue weighted by Crippen LogP contribution is 2.47. The Bertz CT molecular complexity index is 1040. The minimum Gasteiger partial charge on any atom is -0.461 e. The summed E-state index contributed by atoms with van der Waals surface area (Å²) < 4.78 is 5.44. The van der Waals surface area contributed by atoms with Crippen molar-refractivity contribution in [3.8, 4) is 6.07 Å². The average Bonchev–Trinajstić information content (AvgIpc) is 2.98. The molecule has 1 aromatic heterocycles. The molecule has 2 aliphatic heterocycles. The van der Waals surface area contributed by atoms with Crippen molar-refractivity contribution < 1.29 is 9.53 Å². The molecule has 1 aromatic carbocycles. The van der Waals surface area contributed by atoms with E-state index in [4.69, 9.17) is 4.74 Å². The van der Waals surface area contributed by atoms with Crippen LogP contribution in [-0.2, 0) is 9.53 Å². The Kier molecular flexibility index (Phi) is 3.52. The van der Waals surface area contributed by atoms with Gasteiger partial charge in [-0.1, -0.05) is 19.9 Å². The monoisotopic (exact) mass is 348 g/mol. The molecule has 132 valence electrons. The number of aryl methyl sites for hydroxylation is 1. The van der Waals surface area contributed by atoms with Crippen LogP contribution < -0.4 is 0 Å². The fourth-order valence-electron chi connectivity index (χ4n) is 3.87. The predicted molar refractivity (Wildman–Crippen MR) is 97.5 cm³/mol. The number of aromatic nitrogens is 2. The van der Waals surface area contributed by atoms with Crippen LogP contribution >= 0.6 is 0 Å². The summed E-state index contributed by atoms with van der Waals surface area (Å²) in [5.41, 5.74) is 4.34. The minimum atomic E-state index is -0.500. The van der Waals surface area contributed by atoms with Crippen molar-refractivity contribution in [3.63, 3.8) is 0 Å². The first kappa shape index (κ1) is 16.5. The van der Waals surface area contributed by atoms with Crippen LogP contribution in [0.1, 0.15) is 37.9 Å². The fourth-order valence-corrected chi connectivity index (χ4v) is 3.87. The maximum atomic E-state index is 12.7. The number of aromatic amines is 1. The van der Waals surface area contributed by atoms with Gasteiger partial charge in [-0.25, -0.2) is 4.79 Å². The Hall–Kier alpha value is -2.94. The lowest BCUT2D eigenvalue weighted by atomic mass is 9.71. The molecule has 1 N–H and O–H groups in total. The molecule has 0 aliphatic carbocycles. The zero-order valence-electron chi connectivity index (χ0n) is 15.3. The topological polar surface area (TPSA) is 91.1 Å². The molecule has 0 fully saturated rings. The van der Waals surface area contributed by atoms with E-state index in [9.17, 15) is 10.1 Å². The van der Waals surface area contributed by atoms with Gasteiger partial charge in [-0.3, -0.25) is 10.1 Å². The lowest BCUT2D eigenvalue weighted by Crippen LogP contribution is -2.39. The number of nitrogens with zero attached hydrogens (tertiary/aromatic N) is 3. The Morgan fingerprint density at radius 2 is 2.12 bits per heavy atom. The van der Waals surface area contributed by atoms with E-state index in [-0.39, 0.29) is 11.4 Å². The van der Waals surface area contributed by atoms with Gasteiger partial charge in [0.1, 0.15) is 6.61 Å². The van der Waals surface area contributed by atoms with Gasteiger partial charge in [0.25, 0.3) is 0 Å². The third-order valence-corrected chi connectivity index (χ3v) is 5.33. The number of fused-ring (bicyclic) bond motifs is 1. The van der Waals surface area contributed by atoms with Crippen LogP contribution in [0, 0.1) is 29.6 Å². The number of hydrogen-bond donors (Lipinski definition) is 1. The molecule has 2 aromatic rings. The van der Waals surface area contributed by atoms with Crippen molar-refractivity contribution in [3.05, 3.63) is 40.7 Å². The zero-order chi connectivity index (χ0) is 18.6. The molecule has 26 heavy (non-hydrogen) atoms. The SMILES string of the molecule is CC1=NC2=C(C(=O)OCC2(C)C)C(c2ccc3n[nH]c(C)c3c2)C1C#N. The molecule has 2 unspecified atom stereocenters. The van der Waals surface area contributed by atoms with Crippen LogP contribution in [-0.4, -0.2) is 28.5 Å². The average molecular weight is 348 g/mol. The summed E-state index contributed by atoms with van der Waals surface area (Å²) in [6.07, 6.45) is 0. The van der Waals surface area contributed by atoms with Crippen LogP contribution in [0.4, 0.5) is 0 Å². The number of carbonyl (C=O) groups excluding carboxylic acids is 1. The van der Waals surface area contributed by atoms with E-state index in [1.807, 2.05) is 45.9 Å². The largest absolute Gasteiger partial charge is 0.461 e. The molecule has 4 rings (SSSR count). The predicted octanol–water partition coefficient (Wildman–Crippen LogP) is 3.41. The summed E-state index contributed by atoms with van der Waals surface area (Å²) in [4.78, 5) is 17.3. The van der Waals surface area contributed by atoms with E-state index < -0.39 is 11.8 Å². The summed E-state index contributed by atoms with van der Waals surface area (Å²) >= 11 is 0. The molecule has 0 spiro atoms. The first-order chi connectivity index (χ1) is 12.3. The second kappa shape index (κ2) is 5.53. The van der Waals surface area contributed by atoms with Crippen molar-refractivity contribution in [2.75, 3.05) is 6.61 Å². The second-order valence-corrected chi connectivity index (χ2v) is 7.69.